The van der Waals surface area contributed by atoms with Crippen molar-refractivity contribution in [2.24, 2.45) is 5.92 Å². The number of Topliss-reactive ketones (excluding diaryl/α,β-unsaturated/α-hetero) is 1. The highest BCUT2D eigenvalue weighted by atomic mass is 16.1. The molecular formula is C15H21NO. The zero-order valence-corrected chi connectivity index (χ0v) is 10.7. The van der Waals surface area contributed by atoms with E-state index < -0.39 is 0 Å². The Morgan fingerprint density at radius 1 is 1.24 bits per heavy atom. The van der Waals surface area contributed by atoms with Crippen LogP contribution in [0, 0.1) is 12.8 Å². The molecule has 0 radical (unpaired) electrons. The second-order valence-corrected chi connectivity index (χ2v) is 5.07. The maximum Gasteiger partial charge on any atom is 0.165 e. The van der Waals surface area contributed by atoms with Gasteiger partial charge in [-0.15, -0.1) is 0 Å². The summed E-state index contributed by atoms with van der Waals surface area (Å²) in [5.41, 5.74) is 2.05. The third-order valence-corrected chi connectivity index (χ3v) is 3.81. The molecule has 1 aromatic rings. The van der Waals surface area contributed by atoms with Crippen LogP contribution in [0.15, 0.2) is 24.3 Å². The monoisotopic (exact) mass is 231 g/mol. The standard InChI is InChI=1S/C15H21NO/c1-11-4-3-5-13(10-11)15(17)12-6-8-14(16-2)9-7-12/h3-5,10,12,14,16H,6-9H2,1-2H3. The Labute approximate surface area is 103 Å². The van der Waals surface area contributed by atoms with E-state index in [0.29, 0.717) is 11.8 Å². The molecule has 92 valence electrons. The third-order valence-electron chi connectivity index (χ3n) is 3.81. The van der Waals surface area contributed by atoms with Crippen LogP contribution in [0.3, 0.4) is 0 Å². The fourth-order valence-corrected chi connectivity index (χ4v) is 2.68. The number of carbonyl (C=O) groups is 1. The molecule has 0 aliphatic heterocycles. The van der Waals surface area contributed by atoms with Gasteiger partial charge in [0, 0.05) is 17.5 Å². The van der Waals surface area contributed by atoms with Crippen molar-refractivity contribution >= 4 is 5.78 Å². The van der Waals surface area contributed by atoms with Crippen LogP contribution in [0.4, 0.5) is 0 Å². The van der Waals surface area contributed by atoms with Gasteiger partial charge in [-0.25, -0.2) is 0 Å². The number of ketones is 1. The molecule has 0 atom stereocenters. The van der Waals surface area contributed by atoms with Crippen LogP contribution in [0.1, 0.15) is 41.6 Å². The molecule has 0 saturated heterocycles. The molecule has 17 heavy (non-hydrogen) atoms. The Hall–Kier alpha value is -1.15. The highest BCUT2D eigenvalue weighted by Gasteiger charge is 2.26. The number of benzene rings is 1. The summed E-state index contributed by atoms with van der Waals surface area (Å²) in [6.45, 7) is 2.04. The van der Waals surface area contributed by atoms with E-state index in [1.54, 1.807) is 0 Å². The second kappa shape index (κ2) is 5.46. The summed E-state index contributed by atoms with van der Waals surface area (Å²) in [5, 5.41) is 3.30. The van der Waals surface area contributed by atoms with Gasteiger partial charge in [0.1, 0.15) is 0 Å². The van der Waals surface area contributed by atoms with E-state index >= 15 is 0 Å². The molecule has 1 aliphatic carbocycles. The Bertz CT molecular complexity index is 392. The molecule has 0 spiro atoms. The predicted octanol–water partition coefficient (Wildman–Crippen LogP) is 2.96. The molecule has 0 unspecified atom stereocenters. The normalized spacial score (nSPS) is 24.6. The summed E-state index contributed by atoms with van der Waals surface area (Å²) < 4.78 is 0. The molecule has 0 aromatic heterocycles. The molecule has 1 fully saturated rings. The van der Waals surface area contributed by atoms with Gasteiger partial charge in [0.2, 0.25) is 0 Å². The highest BCUT2D eigenvalue weighted by Crippen LogP contribution is 2.27. The minimum absolute atomic E-state index is 0.237. The Morgan fingerprint density at radius 3 is 2.53 bits per heavy atom. The quantitative estimate of drug-likeness (QED) is 0.810. The van der Waals surface area contributed by atoms with Gasteiger partial charge in [-0.1, -0.05) is 23.8 Å². The van der Waals surface area contributed by atoms with E-state index in [-0.39, 0.29) is 5.92 Å². The maximum absolute atomic E-state index is 12.3. The smallest absolute Gasteiger partial charge is 0.165 e. The van der Waals surface area contributed by atoms with Crippen molar-refractivity contribution in [3.8, 4) is 0 Å². The van der Waals surface area contributed by atoms with E-state index in [4.69, 9.17) is 0 Å². The third kappa shape index (κ3) is 2.95. The summed E-state index contributed by atoms with van der Waals surface area (Å²) in [7, 11) is 2.01. The molecule has 1 aromatic carbocycles. The van der Waals surface area contributed by atoms with Crippen LogP contribution in [-0.2, 0) is 0 Å². The van der Waals surface area contributed by atoms with E-state index in [1.165, 1.54) is 5.56 Å². The number of aryl methyl sites for hydroxylation is 1. The van der Waals surface area contributed by atoms with Crippen LogP contribution in [-0.4, -0.2) is 18.9 Å². The highest BCUT2D eigenvalue weighted by molar-refractivity contribution is 5.98. The first-order chi connectivity index (χ1) is 8.20. The summed E-state index contributed by atoms with van der Waals surface area (Å²) >= 11 is 0. The van der Waals surface area contributed by atoms with Crippen molar-refractivity contribution in [2.75, 3.05) is 7.05 Å². The van der Waals surface area contributed by atoms with E-state index in [9.17, 15) is 4.79 Å². The zero-order chi connectivity index (χ0) is 12.3. The van der Waals surface area contributed by atoms with E-state index in [1.807, 2.05) is 38.2 Å². The van der Waals surface area contributed by atoms with Gasteiger partial charge in [-0.05, 0) is 45.7 Å². The molecule has 0 bridgehead atoms. The van der Waals surface area contributed by atoms with Crippen molar-refractivity contribution in [1.82, 2.24) is 5.32 Å². The van der Waals surface area contributed by atoms with Crippen LogP contribution >= 0.6 is 0 Å². The van der Waals surface area contributed by atoms with Crippen molar-refractivity contribution in [3.63, 3.8) is 0 Å². The molecule has 1 saturated carbocycles. The van der Waals surface area contributed by atoms with Gasteiger partial charge in [0.05, 0.1) is 0 Å². The molecule has 1 N–H and O–H groups in total. The minimum Gasteiger partial charge on any atom is -0.317 e. The van der Waals surface area contributed by atoms with E-state index in [0.717, 1.165) is 31.2 Å². The number of hydrogen-bond donors (Lipinski definition) is 1. The first-order valence-electron chi connectivity index (χ1n) is 6.49. The summed E-state index contributed by atoms with van der Waals surface area (Å²) in [5.74, 6) is 0.574. The first kappa shape index (κ1) is 12.3. The van der Waals surface area contributed by atoms with Crippen LogP contribution in [0.25, 0.3) is 0 Å². The molecule has 1 aliphatic rings. The average Bonchev–Trinajstić information content (AvgIpc) is 2.38. The minimum atomic E-state index is 0.237. The van der Waals surface area contributed by atoms with Gasteiger partial charge < -0.3 is 5.32 Å². The molecule has 2 rings (SSSR count). The van der Waals surface area contributed by atoms with Crippen molar-refractivity contribution in [3.05, 3.63) is 35.4 Å². The first-order valence-corrected chi connectivity index (χ1v) is 6.49. The summed E-state index contributed by atoms with van der Waals surface area (Å²) in [4.78, 5) is 12.3. The molecular weight excluding hydrogens is 210 g/mol. The van der Waals surface area contributed by atoms with Gasteiger partial charge in [-0.3, -0.25) is 4.79 Å². The summed E-state index contributed by atoms with van der Waals surface area (Å²) in [6, 6.07) is 8.57. The fourth-order valence-electron chi connectivity index (χ4n) is 2.68. The fraction of sp³-hybridized carbons (Fsp3) is 0.533. The number of nitrogens with one attached hydrogen (secondary N) is 1. The second-order valence-electron chi connectivity index (χ2n) is 5.07. The van der Waals surface area contributed by atoms with E-state index in [2.05, 4.69) is 5.32 Å². The lowest BCUT2D eigenvalue weighted by molar-refractivity contribution is 0.0880. The Kier molecular flexibility index (Phi) is 3.95. The molecule has 2 nitrogen and oxygen atoms in total. The number of hydrogen-bond acceptors (Lipinski definition) is 2. The topological polar surface area (TPSA) is 29.1 Å². The lowest BCUT2D eigenvalue weighted by atomic mass is 9.81. The van der Waals surface area contributed by atoms with Crippen molar-refractivity contribution in [2.45, 2.75) is 38.6 Å². The van der Waals surface area contributed by atoms with Crippen molar-refractivity contribution in [1.29, 1.82) is 0 Å². The van der Waals surface area contributed by atoms with Gasteiger partial charge in [0.15, 0.2) is 5.78 Å². The zero-order valence-electron chi connectivity index (χ0n) is 10.7. The SMILES string of the molecule is CNC1CCC(C(=O)c2cccc(C)c2)CC1. The van der Waals surface area contributed by atoms with Gasteiger partial charge in [0.25, 0.3) is 0 Å². The maximum atomic E-state index is 12.3. The van der Waals surface area contributed by atoms with Crippen LogP contribution in [0.5, 0.6) is 0 Å². The Balaban J connectivity index is 2.02. The largest absolute Gasteiger partial charge is 0.317 e. The van der Waals surface area contributed by atoms with Crippen LogP contribution in [0.2, 0.25) is 0 Å². The molecule has 2 heteroatoms. The lowest BCUT2D eigenvalue weighted by Gasteiger charge is -2.27. The number of carbonyl (C=O) groups excluding carboxylic acids is 1. The van der Waals surface area contributed by atoms with Gasteiger partial charge >= 0.3 is 0 Å². The van der Waals surface area contributed by atoms with Crippen LogP contribution < -0.4 is 5.32 Å². The summed E-state index contributed by atoms with van der Waals surface area (Å²) in [6.07, 6.45) is 4.30. The number of rotatable bonds is 3. The lowest BCUT2D eigenvalue weighted by Crippen LogP contribution is -2.32. The average molecular weight is 231 g/mol. The van der Waals surface area contributed by atoms with Crippen molar-refractivity contribution < 1.29 is 4.79 Å². The molecule has 0 amide bonds. The Morgan fingerprint density at radius 2 is 1.94 bits per heavy atom. The van der Waals surface area contributed by atoms with Gasteiger partial charge in [-0.2, -0.15) is 0 Å². The predicted molar refractivity (Wildman–Crippen MR) is 70.3 cm³/mol. The molecule has 0 heterocycles.